The Morgan fingerprint density at radius 3 is 2.05 bits per heavy atom. The van der Waals surface area contributed by atoms with Gasteiger partial charge in [0, 0.05) is 18.8 Å². The van der Waals surface area contributed by atoms with Crippen LogP contribution in [0.4, 0.5) is 14.5 Å². The van der Waals surface area contributed by atoms with Gasteiger partial charge in [-0.2, -0.15) is 0 Å². The first kappa shape index (κ1) is 27.6. The van der Waals surface area contributed by atoms with Crippen LogP contribution in [0.1, 0.15) is 19.4 Å². The molecule has 2 N–H and O–H groups in total. The van der Waals surface area contributed by atoms with E-state index < -0.39 is 40.2 Å². The summed E-state index contributed by atoms with van der Waals surface area (Å²) in [7, 11) is -3.93. The minimum Gasteiger partial charge on any atom is -0.484 e. The van der Waals surface area contributed by atoms with Gasteiger partial charge < -0.3 is 15.0 Å². The molecule has 0 heterocycles. The van der Waals surface area contributed by atoms with Gasteiger partial charge >= 0.3 is 0 Å². The highest BCUT2D eigenvalue weighted by molar-refractivity contribution is 7.92. The number of nitrogens with zero attached hydrogens (tertiary/aromatic N) is 1. The Morgan fingerprint density at radius 1 is 0.919 bits per heavy atom. The van der Waals surface area contributed by atoms with E-state index in [1.807, 2.05) is 0 Å². The lowest BCUT2D eigenvalue weighted by atomic mass is 10.1. The number of anilines is 1. The van der Waals surface area contributed by atoms with Crippen molar-refractivity contribution in [2.24, 2.45) is 0 Å². The predicted molar refractivity (Wildman–Crippen MR) is 134 cm³/mol. The smallest absolute Gasteiger partial charge is 0.261 e. The first-order valence-electron chi connectivity index (χ1n) is 11.4. The van der Waals surface area contributed by atoms with Crippen molar-refractivity contribution in [3.8, 4) is 5.75 Å². The molecule has 0 spiro atoms. The van der Waals surface area contributed by atoms with Gasteiger partial charge in [-0.3, -0.25) is 14.3 Å². The topological polar surface area (TPSA) is 105 Å². The zero-order valence-electron chi connectivity index (χ0n) is 20.3. The lowest BCUT2D eigenvalue weighted by molar-refractivity contribution is -0.142. The number of ether oxygens (including phenoxy) is 1. The molecule has 0 unspecified atom stereocenters. The van der Waals surface area contributed by atoms with Crippen LogP contribution in [0.25, 0.3) is 0 Å². The van der Waals surface area contributed by atoms with Crippen molar-refractivity contribution in [3.63, 3.8) is 0 Å². The average molecular weight is 532 g/mol. The number of nitrogens with one attached hydrogen (secondary N) is 2. The fourth-order valence-corrected chi connectivity index (χ4v) is 4.42. The van der Waals surface area contributed by atoms with E-state index in [9.17, 15) is 26.8 Å². The Bertz CT molecular complexity index is 1320. The Morgan fingerprint density at radius 2 is 1.49 bits per heavy atom. The maximum atomic E-state index is 13.3. The second-order valence-electron chi connectivity index (χ2n) is 8.09. The van der Waals surface area contributed by atoms with Gasteiger partial charge in [0.15, 0.2) is 6.61 Å². The van der Waals surface area contributed by atoms with Crippen molar-refractivity contribution in [1.29, 1.82) is 0 Å². The minimum absolute atomic E-state index is 0.0571. The van der Waals surface area contributed by atoms with E-state index in [2.05, 4.69) is 10.0 Å². The summed E-state index contributed by atoms with van der Waals surface area (Å²) in [4.78, 5) is 26.7. The number of carbonyl (C=O) groups excluding carboxylic acids is 2. The molecule has 0 saturated heterocycles. The van der Waals surface area contributed by atoms with Crippen molar-refractivity contribution < 1.29 is 31.5 Å². The third kappa shape index (κ3) is 7.74. The number of rotatable bonds is 11. The molecule has 0 fully saturated rings. The maximum Gasteiger partial charge on any atom is 0.261 e. The van der Waals surface area contributed by atoms with Crippen molar-refractivity contribution >= 4 is 27.5 Å². The Kier molecular flexibility index (Phi) is 9.18. The van der Waals surface area contributed by atoms with E-state index in [0.717, 1.165) is 12.1 Å². The first-order valence-corrected chi connectivity index (χ1v) is 12.9. The Balaban J connectivity index is 1.67. The first-order chi connectivity index (χ1) is 17.6. The van der Waals surface area contributed by atoms with Gasteiger partial charge in [0.2, 0.25) is 5.91 Å². The van der Waals surface area contributed by atoms with Crippen molar-refractivity contribution in [3.05, 3.63) is 90.0 Å². The molecule has 0 aromatic heterocycles. The molecule has 196 valence electrons. The summed E-state index contributed by atoms with van der Waals surface area (Å²) >= 11 is 0. The molecule has 0 radical (unpaired) electrons. The monoisotopic (exact) mass is 531 g/mol. The van der Waals surface area contributed by atoms with Gasteiger partial charge in [0.05, 0.1) is 4.90 Å². The predicted octanol–water partition coefficient (Wildman–Crippen LogP) is 3.70. The third-order valence-electron chi connectivity index (χ3n) is 5.38. The van der Waals surface area contributed by atoms with Crippen LogP contribution in [-0.4, -0.2) is 44.3 Å². The largest absolute Gasteiger partial charge is 0.484 e. The molecule has 0 aliphatic carbocycles. The standard InChI is InChI=1S/C26H27F2N3O5S/c1-3-29-26(33)18(2)31(16-19-4-6-20(27)7-5-19)25(32)17-36-23-12-14-24(15-13-23)37(34,35)30-22-10-8-21(28)9-11-22/h4-15,18,30H,3,16-17H2,1-2H3,(H,29,33)/t18-/m1/s1. The van der Waals surface area contributed by atoms with Gasteiger partial charge in [-0.25, -0.2) is 17.2 Å². The summed E-state index contributed by atoms with van der Waals surface area (Å²) in [6, 6.07) is 15.1. The summed E-state index contributed by atoms with van der Waals surface area (Å²) in [5.74, 6) is -1.50. The number of sulfonamides is 1. The number of benzene rings is 3. The van der Waals surface area contributed by atoms with Crippen LogP contribution < -0.4 is 14.8 Å². The highest BCUT2D eigenvalue weighted by Gasteiger charge is 2.26. The van der Waals surface area contributed by atoms with E-state index in [1.165, 1.54) is 65.6 Å². The van der Waals surface area contributed by atoms with Gasteiger partial charge in [0.25, 0.3) is 15.9 Å². The van der Waals surface area contributed by atoms with Crippen molar-refractivity contribution in [2.45, 2.75) is 31.3 Å². The summed E-state index contributed by atoms with van der Waals surface area (Å²) in [6.07, 6.45) is 0. The quantitative estimate of drug-likeness (QED) is 0.393. The number of halogens is 2. The lowest BCUT2D eigenvalue weighted by Gasteiger charge is -2.28. The number of carbonyl (C=O) groups is 2. The number of hydrogen-bond acceptors (Lipinski definition) is 5. The fourth-order valence-electron chi connectivity index (χ4n) is 3.37. The highest BCUT2D eigenvalue weighted by Crippen LogP contribution is 2.20. The molecule has 0 bridgehead atoms. The van der Waals surface area contributed by atoms with Crippen LogP contribution in [0, 0.1) is 11.6 Å². The number of amides is 2. The molecular formula is C26H27F2N3O5S. The number of hydrogen-bond donors (Lipinski definition) is 2. The van der Waals surface area contributed by atoms with E-state index in [0.29, 0.717) is 12.1 Å². The van der Waals surface area contributed by atoms with E-state index in [-0.39, 0.29) is 28.8 Å². The van der Waals surface area contributed by atoms with E-state index >= 15 is 0 Å². The molecule has 37 heavy (non-hydrogen) atoms. The molecule has 0 saturated carbocycles. The van der Waals surface area contributed by atoms with Crippen LogP contribution in [0.5, 0.6) is 5.75 Å². The molecule has 2 amide bonds. The summed E-state index contributed by atoms with van der Waals surface area (Å²) in [5, 5.41) is 2.67. The van der Waals surface area contributed by atoms with Crippen molar-refractivity contribution in [2.75, 3.05) is 17.9 Å². The average Bonchev–Trinajstić information content (AvgIpc) is 2.88. The van der Waals surface area contributed by atoms with E-state index in [4.69, 9.17) is 4.74 Å². The maximum absolute atomic E-state index is 13.3. The second-order valence-corrected chi connectivity index (χ2v) is 9.77. The lowest BCUT2D eigenvalue weighted by Crippen LogP contribution is -2.49. The van der Waals surface area contributed by atoms with Crippen LogP contribution in [0.3, 0.4) is 0 Å². The molecular weight excluding hydrogens is 504 g/mol. The minimum atomic E-state index is -3.93. The highest BCUT2D eigenvalue weighted by atomic mass is 32.2. The van der Waals surface area contributed by atoms with Crippen LogP contribution in [0.15, 0.2) is 77.7 Å². The summed E-state index contributed by atoms with van der Waals surface area (Å²) < 4.78 is 59.4. The zero-order chi connectivity index (χ0) is 27.0. The van der Waals surface area contributed by atoms with Crippen LogP contribution >= 0.6 is 0 Å². The van der Waals surface area contributed by atoms with Gasteiger partial charge in [-0.15, -0.1) is 0 Å². The van der Waals surface area contributed by atoms with Gasteiger partial charge in [-0.1, -0.05) is 12.1 Å². The summed E-state index contributed by atoms with van der Waals surface area (Å²) in [6.45, 7) is 3.39. The molecule has 1 atom stereocenters. The molecule has 0 aliphatic rings. The van der Waals surface area contributed by atoms with Crippen LogP contribution in [0.2, 0.25) is 0 Å². The SMILES string of the molecule is CCNC(=O)[C@@H](C)N(Cc1ccc(F)cc1)C(=O)COc1ccc(S(=O)(=O)Nc2ccc(F)cc2)cc1. The Hall–Kier alpha value is -3.99. The molecule has 3 aromatic carbocycles. The molecule has 11 heteroatoms. The zero-order valence-corrected chi connectivity index (χ0v) is 21.1. The fraction of sp³-hybridized carbons (Fsp3) is 0.231. The molecule has 3 aromatic rings. The molecule has 8 nitrogen and oxygen atoms in total. The number of likely N-dealkylation sites (N-methyl/N-ethyl adjacent to an activating group) is 1. The van der Waals surface area contributed by atoms with Crippen LogP contribution in [-0.2, 0) is 26.2 Å². The third-order valence-corrected chi connectivity index (χ3v) is 6.77. The normalized spacial score (nSPS) is 11.9. The van der Waals surface area contributed by atoms with E-state index in [1.54, 1.807) is 13.8 Å². The summed E-state index contributed by atoms with van der Waals surface area (Å²) in [5.41, 5.74) is 0.837. The molecule has 0 aliphatic heterocycles. The van der Waals surface area contributed by atoms with Gasteiger partial charge in [-0.05, 0) is 80.1 Å². The van der Waals surface area contributed by atoms with Crippen molar-refractivity contribution in [1.82, 2.24) is 10.2 Å². The van der Waals surface area contributed by atoms with Gasteiger partial charge in [0.1, 0.15) is 23.4 Å². The Labute approximate surface area is 214 Å². The second kappa shape index (κ2) is 12.3. The molecule has 3 rings (SSSR count).